The first kappa shape index (κ1) is 11.5. The van der Waals surface area contributed by atoms with Gasteiger partial charge in [0.2, 0.25) is 0 Å². The van der Waals surface area contributed by atoms with Crippen molar-refractivity contribution in [1.29, 1.82) is 0 Å². The van der Waals surface area contributed by atoms with E-state index in [2.05, 4.69) is 19.2 Å². The largest absolute Gasteiger partial charge is 0.364 e. The molecule has 0 N–H and O–H groups in total. The molecule has 4 rings (SSSR count). The van der Waals surface area contributed by atoms with E-state index in [9.17, 15) is 4.91 Å². The third-order valence-electron chi connectivity index (χ3n) is 5.85. The predicted octanol–water partition coefficient (Wildman–Crippen LogP) is 3.64. The smallest absolute Gasteiger partial charge is 0.155 e. The molecular weight excluding hydrogens is 214 g/mol. The molecule has 3 nitrogen and oxygen atoms in total. The van der Waals surface area contributed by atoms with Crippen LogP contribution in [0, 0.1) is 46.3 Å². The Morgan fingerprint density at radius 3 is 2.35 bits per heavy atom. The van der Waals surface area contributed by atoms with Gasteiger partial charge in [-0.3, -0.25) is 0 Å². The second-order valence-electron chi connectivity index (χ2n) is 6.80. The van der Waals surface area contributed by atoms with Crippen LogP contribution in [0.15, 0.2) is 5.34 Å². The van der Waals surface area contributed by atoms with Gasteiger partial charge in [-0.1, -0.05) is 13.8 Å². The van der Waals surface area contributed by atoms with Crippen LogP contribution in [0.5, 0.6) is 0 Å². The van der Waals surface area contributed by atoms with E-state index in [0.717, 1.165) is 35.5 Å². The first-order valence-electron chi connectivity index (χ1n) is 7.15. The van der Waals surface area contributed by atoms with Gasteiger partial charge in [0.15, 0.2) is 5.34 Å². The quantitative estimate of drug-likeness (QED) is 0.555. The van der Waals surface area contributed by atoms with E-state index in [1.54, 1.807) is 0 Å². The van der Waals surface area contributed by atoms with Crippen LogP contribution in [-0.2, 0) is 4.84 Å². The molecule has 5 atom stereocenters. The highest BCUT2D eigenvalue weighted by molar-refractivity contribution is 5.07. The summed E-state index contributed by atoms with van der Waals surface area (Å²) in [5, 5.41) is 2.59. The van der Waals surface area contributed by atoms with Crippen LogP contribution in [0.2, 0.25) is 0 Å². The Kier molecular flexibility index (Phi) is 2.87. The lowest BCUT2D eigenvalue weighted by Gasteiger charge is -2.23. The van der Waals surface area contributed by atoms with E-state index in [1.165, 1.54) is 25.7 Å². The molecule has 0 aromatic carbocycles. The van der Waals surface area contributed by atoms with E-state index < -0.39 is 0 Å². The van der Waals surface area contributed by atoms with E-state index in [-0.39, 0.29) is 0 Å². The second-order valence-corrected chi connectivity index (χ2v) is 6.80. The van der Waals surface area contributed by atoms with Crippen molar-refractivity contribution in [2.24, 2.45) is 46.8 Å². The Balaban J connectivity index is 1.72. The molecule has 0 spiro atoms. The van der Waals surface area contributed by atoms with Gasteiger partial charge in [0.1, 0.15) is 6.61 Å². The van der Waals surface area contributed by atoms with Crippen LogP contribution in [0.1, 0.15) is 39.5 Å². The Bertz CT molecular complexity index is 295. The summed E-state index contributed by atoms with van der Waals surface area (Å²) in [5.41, 5.74) is 0. The molecule has 4 aliphatic carbocycles. The molecule has 0 aromatic rings. The summed E-state index contributed by atoms with van der Waals surface area (Å²) in [7, 11) is 0. The maximum Gasteiger partial charge on any atom is 0.155 e. The van der Waals surface area contributed by atoms with Crippen molar-refractivity contribution in [2.45, 2.75) is 39.5 Å². The van der Waals surface area contributed by atoms with E-state index in [1.807, 2.05) is 0 Å². The topological polar surface area (TPSA) is 38.7 Å². The van der Waals surface area contributed by atoms with Gasteiger partial charge >= 0.3 is 0 Å². The summed E-state index contributed by atoms with van der Waals surface area (Å²) in [6, 6.07) is 0. The third kappa shape index (κ3) is 1.98. The van der Waals surface area contributed by atoms with Gasteiger partial charge in [-0.15, -0.1) is 4.91 Å². The minimum atomic E-state index is 0.558. The first-order chi connectivity index (χ1) is 8.20. The maximum absolute atomic E-state index is 10.2. The summed E-state index contributed by atoms with van der Waals surface area (Å²) in [6.45, 7) is 5.32. The van der Waals surface area contributed by atoms with Crippen molar-refractivity contribution in [3.8, 4) is 0 Å². The third-order valence-corrected chi connectivity index (χ3v) is 5.85. The Morgan fingerprint density at radius 2 is 1.71 bits per heavy atom. The summed E-state index contributed by atoms with van der Waals surface area (Å²) in [5.74, 6) is 5.91. The highest BCUT2D eigenvalue weighted by Gasteiger charge is 2.59. The van der Waals surface area contributed by atoms with Crippen LogP contribution >= 0.6 is 0 Å². The normalized spacial score (nSPS) is 52.2. The minimum Gasteiger partial charge on any atom is -0.364 e. The molecule has 3 unspecified atom stereocenters. The van der Waals surface area contributed by atoms with Gasteiger partial charge in [0.25, 0.3) is 0 Å². The van der Waals surface area contributed by atoms with E-state index in [4.69, 9.17) is 4.84 Å². The Morgan fingerprint density at radius 1 is 1.06 bits per heavy atom. The van der Waals surface area contributed by atoms with Crippen molar-refractivity contribution in [1.82, 2.24) is 0 Å². The Labute approximate surface area is 103 Å². The summed E-state index contributed by atoms with van der Waals surface area (Å²) in [4.78, 5) is 15.0. The standard InChI is InChI=1S/C14H23NO2/c1-8-3-10-5-12-13(6-10)14(12)11(4-9(8)2)7-17-15-16/h8-14H,3-7H2,1-2H3/t8-,9+,10?,11?,12?,13?,14?/m1/s1. The zero-order valence-corrected chi connectivity index (χ0v) is 10.8. The van der Waals surface area contributed by atoms with Gasteiger partial charge in [-0.2, -0.15) is 0 Å². The molecule has 4 fully saturated rings. The van der Waals surface area contributed by atoms with Crippen LogP contribution < -0.4 is 0 Å². The van der Waals surface area contributed by atoms with Crippen molar-refractivity contribution < 1.29 is 4.84 Å². The molecule has 4 saturated carbocycles. The number of hydrogen-bond acceptors (Lipinski definition) is 3. The molecule has 3 heteroatoms. The van der Waals surface area contributed by atoms with Crippen LogP contribution in [0.3, 0.4) is 0 Å². The zero-order chi connectivity index (χ0) is 12.0. The van der Waals surface area contributed by atoms with Gasteiger partial charge in [0, 0.05) is 0 Å². The lowest BCUT2D eigenvalue weighted by Crippen LogP contribution is -2.18. The average molecular weight is 237 g/mol. The summed E-state index contributed by atoms with van der Waals surface area (Å²) >= 11 is 0. The molecule has 4 aliphatic rings. The lowest BCUT2D eigenvalue weighted by molar-refractivity contribution is 0.0778. The van der Waals surface area contributed by atoms with Crippen molar-refractivity contribution >= 4 is 0 Å². The molecule has 0 heterocycles. The van der Waals surface area contributed by atoms with Crippen LogP contribution in [0.25, 0.3) is 0 Å². The molecule has 0 amide bonds. The van der Waals surface area contributed by atoms with Gasteiger partial charge < -0.3 is 4.84 Å². The van der Waals surface area contributed by atoms with Gasteiger partial charge in [0.05, 0.1) is 0 Å². The highest BCUT2D eigenvalue weighted by atomic mass is 16.7. The molecule has 17 heavy (non-hydrogen) atoms. The van der Waals surface area contributed by atoms with Crippen LogP contribution in [0.4, 0.5) is 0 Å². The average Bonchev–Trinajstić information content (AvgIpc) is 2.78. The SMILES string of the molecule is C[C@@H]1CC2CC3C(C2)C3C(CON=O)C[C@@H]1C. The van der Waals surface area contributed by atoms with Gasteiger partial charge in [-0.05, 0) is 67.1 Å². The van der Waals surface area contributed by atoms with Crippen molar-refractivity contribution in [3.05, 3.63) is 4.91 Å². The molecule has 0 radical (unpaired) electrons. The van der Waals surface area contributed by atoms with E-state index >= 15 is 0 Å². The fourth-order valence-corrected chi connectivity index (χ4v) is 4.83. The molecule has 0 aliphatic heterocycles. The summed E-state index contributed by atoms with van der Waals surface area (Å²) in [6.07, 6.45) is 5.52. The Hall–Kier alpha value is -0.600. The molecule has 0 aromatic heterocycles. The predicted molar refractivity (Wildman–Crippen MR) is 66.0 cm³/mol. The maximum atomic E-state index is 10.2. The fraction of sp³-hybridized carbons (Fsp3) is 1.00. The van der Waals surface area contributed by atoms with Crippen molar-refractivity contribution in [3.63, 3.8) is 0 Å². The molecular formula is C14H23NO2. The second kappa shape index (κ2) is 4.25. The summed E-state index contributed by atoms with van der Waals surface area (Å²) < 4.78 is 0. The van der Waals surface area contributed by atoms with Crippen LogP contribution in [-0.4, -0.2) is 6.61 Å². The number of nitrogens with zero attached hydrogens (tertiary/aromatic N) is 1. The lowest BCUT2D eigenvalue weighted by atomic mass is 9.83. The highest BCUT2D eigenvalue weighted by Crippen LogP contribution is 2.65. The monoisotopic (exact) mass is 237 g/mol. The van der Waals surface area contributed by atoms with Crippen molar-refractivity contribution in [2.75, 3.05) is 6.61 Å². The molecule has 96 valence electrons. The number of hydrogen-bond donors (Lipinski definition) is 0. The van der Waals surface area contributed by atoms with E-state index in [0.29, 0.717) is 12.5 Å². The fourth-order valence-electron chi connectivity index (χ4n) is 4.83. The number of fused-ring (bicyclic) bond motifs is 4. The molecule has 4 bridgehead atoms. The van der Waals surface area contributed by atoms with Gasteiger partial charge in [-0.25, -0.2) is 0 Å². The minimum absolute atomic E-state index is 0.558. The first-order valence-corrected chi connectivity index (χ1v) is 7.15. The zero-order valence-electron chi connectivity index (χ0n) is 10.8. The molecule has 0 saturated heterocycles. The number of rotatable bonds is 3.